The maximum atomic E-state index is 11.2. The van der Waals surface area contributed by atoms with Crippen LogP contribution in [0.2, 0.25) is 0 Å². The molecule has 14 heavy (non-hydrogen) atoms. The van der Waals surface area contributed by atoms with Crippen molar-refractivity contribution >= 4 is 5.97 Å². The molecule has 4 heteroatoms. The second-order valence-electron chi connectivity index (χ2n) is 3.49. The first kappa shape index (κ1) is 10.7. The van der Waals surface area contributed by atoms with E-state index in [1.54, 1.807) is 50.3 Å². The van der Waals surface area contributed by atoms with Crippen molar-refractivity contribution < 1.29 is 9.90 Å². The molecule has 1 unspecified atom stereocenters. The van der Waals surface area contributed by atoms with E-state index in [1.165, 1.54) is 0 Å². The molecule has 1 rings (SSSR count). The van der Waals surface area contributed by atoms with Gasteiger partial charge in [0.15, 0.2) is 5.54 Å². The molecule has 76 valence electrons. The van der Waals surface area contributed by atoms with Crippen LogP contribution in [0.15, 0.2) is 24.4 Å². The summed E-state index contributed by atoms with van der Waals surface area (Å²) in [5.74, 6) is -0.902. The van der Waals surface area contributed by atoms with Crippen molar-refractivity contribution in [3.05, 3.63) is 30.1 Å². The van der Waals surface area contributed by atoms with Crippen molar-refractivity contribution in [1.29, 1.82) is 0 Å². The van der Waals surface area contributed by atoms with Gasteiger partial charge in [-0.15, -0.1) is 0 Å². The van der Waals surface area contributed by atoms with Crippen LogP contribution in [0.1, 0.15) is 12.6 Å². The molecule has 0 aliphatic rings. The number of aliphatic carboxylic acids is 1. The topological polar surface area (TPSA) is 53.4 Å². The Balaban J connectivity index is 3.20. The molecule has 0 spiro atoms. The van der Waals surface area contributed by atoms with Gasteiger partial charge in [-0.25, -0.2) is 4.79 Å². The van der Waals surface area contributed by atoms with E-state index in [9.17, 15) is 9.90 Å². The van der Waals surface area contributed by atoms with Crippen LogP contribution in [0.25, 0.3) is 0 Å². The first-order valence-corrected chi connectivity index (χ1v) is 4.32. The average molecular weight is 194 g/mol. The maximum Gasteiger partial charge on any atom is 0.330 e. The van der Waals surface area contributed by atoms with Gasteiger partial charge < -0.3 is 5.11 Å². The Morgan fingerprint density at radius 3 is 2.50 bits per heavy atom. The zero-order valence-corrected chi connectivity index (χ0v) is 8.56. The van der Waals surface area contributed by atoms with Crippen molar-refractivity contribution in [2.75, 3.05) is 14.1 Å². The summed E-state index contributed by atoms with van der Waals surface area (Å²) >= 11 is 0. The van der Waals surface area contributed by atoms with E-state index in [1.807, 2.05) is 0 Å². The van der Waals surface area contributed by atoms with Crippen LogP contribution >= 0.6 is 0 Å². The molecule has 1 aromatic rings. The fourth-order valence-electron chi connectivity index (χ4n) is 1.18. The number of carboxylic acid groups (broad SMARTS) is 1. The minimum atomic E-state index is -1.07. The van der Waals surface area contributed by atoms with Crippen LogP contribution in [0.3, 0.4) is 0 Å². The fourth-order valence-corrected chi connectivity index (χ4v) is 1.18. The molecule has 0 aliphatic carbocycles. The Kier molecular flexibility index (Phi) is 2.86. The van der Waals surface area contributed by atoms with E-state index < -0.39 is 11.5 Å². The lowest BCUT2D eigenvalue weighted by atomic mass is 9.96. The molecule has 1 atom stereocenters. The lowest BCUT2D eigenvalue weighted by molar-refractivity contribution is -0.149. The highest BCUT2D eigenvalue weighted by atomic mass is 16.4. The van der Waals surface area contributed by atoms with Crippen molar-refractivity contribution in [2.45, 2.75) is 12.5 Å². The highest BCUT2D eigenvalue weighted by molar-refractivity contribution is 5.79. The van der Waals surface area contributed by atoms with Crippen LogP contribution in [0.4, 0.5) is 0 Å². The largest absolute Gasteiger partial charge is 0.480 e. The summed E-state index contributed by atoms with van der Waals surface area (Å²) in [4.78, 5) is 16.9. The van der Waals surface area contributed by atoms with E-state index >= 15 is 0 Å². The lowest BCUT2D eigenvalue weighted by Crippen LogP contribution is -2.46. The number of aromatic nitrogens is 1. The molecular formula is C10H14N2O2. The number of nitrogens with zero attached hydrogens (tertiary/aromatic N) is 2. The third-order valence-corrected chi connectivity index (χ3v) is 2.47. The van der Waals surface area contributed by atoms with Gasteiger partial charge in [-0.2, -0.15) is 0 Å². The van der Waals surface area contributed by atoms with Crippen molar-refractivity contribution in [2.24, 2.45) is 0 Å². The van der Waals surface area contributed by atoms with Crippen LogP contribution in [-0.4, -0.2) is 35.1 Å². The quantitative estimate of drug-likeness (QED) is 0.778. The minimum Gasteiger partial charge on any atom is -0.480 e. The van der Waals surface area contributed by atoms with Gasteiger partial charge in [-0.3, -0.25) is 9.88 Å². The zero-order chi connectivity index (χ0) is 10.8. The monoisotopic (exact) mass is 194 g/mol. The normalized spacial score (nSPS) is 15.1. The van der Waals surface area contributed by atoms with Crippen LogP contribution in [-0.2, 0) is 10.3 Å². The predicted octanol–water partition coefficient (Wildman–Crippen LogP) is 0.943. The molecule has 1 N–H and O–H groups in total. The summed E-state index contributed by atoms with van der Waals surface area (Å²) in [5, 5.41) is 9.17. The van der Waals surface area contributed by atoms with Gasteiger partial charge in [0.05, 0.1) is 5.69 Å². The summed E-state index contributed by atoms with van der Waals surface area (Å²) in [6.07, 6.45) is 1.60. The van der Waals surface area contributed by atoms with Crippen molar-refractivity contribution in [3.8, 4) is 0 Å². The standard InChI is InChI=1S/C10H14N2O2/c1-10(9(13)14,12(2)3)8-6-4-5-7-11-8/h4-7H,1-3H3,(H,13,14). The summed E-state index contributed by atoms with van der Waals surface area (Å²) in [5.41, 5.74) is -0.529. The Morgan fingerprint density at radius 2 is 2.14 bits per heavy atom. The van der Waals surface area contributed by atoms with Gasteiger partial charge in [0.25, 0.3) is 0 Å². The Morgan fingerprint density at radius 1 is 1.50 bits per heavy atom. The van der Waals surface area contributed by atoms with E-state index in [0.717, 1.165) is 0 Å². The Hall–Kier alpha value is -1.42. The van der Waals surface area contributed by atoms with E-state index in [4.69, 9.17) is 0 Å². The number of hydrogen-bond donors (Lipinski definition) is 1. The first-order chi connectivity index (χ1) is 6.49. The molecule has 0 radical (unpaired) electrons. The van der Waals surface area contributed by atoms with Gasteiger partial charge >= 0.3 is 5.97 Å². The molecule has 4 nitrogen and oxygen atoms in total. The molecule has 0 amide bonds. The molecule has 0 fully saturated rings. The minimum absolute atomic E-state index is 0.539. The summed E-state index contributed by atoms with van der Waals surface area (Å²) in [6.45, 7) is 1.64. The summed E-state index contributed by atoms with van der Waals surface area (Å²) in [6, 6.07) is 5.27. The van der Waals surface area contributed by atoms with Gasteiger partial charge in [-0.1, -0.05) is 6.07 Å². The average Bonchev–Trinajstić information content (AvgIpc) is 2.17. The van der Waals surface area contributed by atoms with Gasteiger partial charge in [0.2, 0.25) is 0 Å². The predicted molar refractivity (Wildman–Crippen MR) is 52.9 cm³/mol. The summed E-state index contributed by atoms with van der Waals surface area (Å²) in [7, 11) is 3.45. The number of hydrogen-bond acceptors (Lipinski definition) is 3. The van der Waals surface area contributed by atoms with Crippen molar-refractivity contribution in [1.82, 2.24) is 9.88 Å². The van der Waals surface area contributed by atoms with Gasteiger partial charge in [-0.05, 0) is 33.2 Å². The Bertz CT molecular complexity index is 324. The van der Waals surface area contributed by atoms with Crippen LogP contribution in [0, 0.1) is 0 Å². The van der Waals surface area contributed by atoms with E-state index in [-0.39, 0.29) is 0 Å². The highest BCUT2D eigenvalue weighted by Crippen LogP contribution is 2.23. The van der Waals surface area contributed by atoms with Crippen molar-refractivity contribution in [3.63, 3.8) is 0 Å². The third kappa shape index (κ3) is 1.61. The molecule has 1 heterocycles. The SMILES string of the molecule is CN(C)C(C)(C(=O)O)c1ccccn1. The lowest BCUT2D eigenvalue weighted by Gasteiger charge is -2.31. The number of carbonyl (C=O) groups is 1. The number of carboxylic acids is 1. The number of rotatable bonds is 3. The number of pyridine rings is 1. The molecular weight excluding hydrogens is 180 g/mol. The molecule has 0 saturated heterocycles. The van der Waals surface area contributed by atoms with Gasteiger partial charge in [0, 0.05) is 6.20 Å². The second kappa shape index (κ2) is 3.75. The van der Waals surface area contributed by atoms with Gasteiger partial charge in [0.1, 0.15) is 0 Å². The Labute approximate surface area is 83.2 Å². The van der Waals surface area contributed by atoms with E-state index in [0.29, 0.717) is 5.69 Å². The fraction of sp³-hybridized carbons (Fsp3) is 0.400. The third-order valence-electron chi connectivity index (χ3n) is 2.47. The highest BCUT2D eigenvalue weighted by Gasteiger charge is 2.38. The van der Waals surface area contributed by atoms with E-state index in [2.05, 4.69) is 4.98 Å². The molecule has 0 aliphatic heterocycles. The zero-order valence-electron chi connectivity index (χ0n) is 8.56. The molecule has 0 bridgehead atoms. The van der Waals surface area contributed by atoms with Crippen LogP contribution < -0.4 is 0 Å². The molecule has 1 aromatic heterocycles. The molecule has 0 aromatic carbocycles. The molecule has 0 saturated carbocycles. The maximum absolute atomic E-state index is 11.2. The first-order valence-electron chi connectivity index (χ1n) is 4.32. The number of likely N-dealkylation sites (N-methyl/N-ethyl adjacent to an activating group) is 1. The second-order valence-corrected chi connectivity index (χ2v) is 3.49. The summed E-state index contributed by atoms with van der Waals surface area (Å²) < 4.78 is 0. The smallest absolute Gasteiger partial charge is 0.330 e. The van der Waals surface area contributed by atoms with Crippen LogP contribution in [0.5, 0.6) is 0 Å².